The molecule has 0 bridgehead atoms. The van der Waals surface area contributed by atoms with Gasteiger partial charge in [0.05, 0.1) is 12.5 Å². The van der Waals surface area contributed by atoms with Crippen LogP contribution >= 0.6 is 0 Å². The van der Waals surface area contributed by atoms with E-state index in [2.05, 4.69) is 24.1 Å². The quantitative estimate of drug-likeness (QED) is 0.866. The Balaban J connectivity index is 1.84. The predicted octanol–water partition coefficient (Wildman–Crippen LogP) is 2.81. The Bertz CT molecular complexity index is 659. The van der Waals surface area contributed by atoms with Crippen LogP contribution in [0.5, 0.6) is 0 Å². The van der Waals surface area contributed by atoms with E-state index in [0.29, 0.717) is 6.42 Å². The van der Waals surface area contributed by atoms with Gasteiger partial charge >= 0.3 is 0 Å². The maximum Gasteiger partial charge on any atom is 0.231 e. The van der Waals surface area contributed by atoms with E-state index in [-0.39, 0.29) is 11.9 Å². The van der Waals surface area contributed by atoms with Crippen molar-refractivity contribution in [3.63, 3.8) is 0 Å². The third-order valence-corrected chi connectivity index (χ3v) is 4.71. The molecule has 1 aliphatic heterocycles. The van der Waals surface area contributed by atoms with Crippen molar-refractivity contribution in [2.75, 3.05) is 32.1 Å². The first kappa shape index (κ1) is 16.7. The Kier molecular flexibility index (Phi) is 5.28. The average molecular weight is 323 g/mol. The van der Waals surface area contributed by atoms with Gasteiger partial charge in [0, 0.05) is 32.9 Å². The Morgan fingerprint density at radius 1 is 1.00 bits per heavy atom. The number of amides is 1. The summed E-state index contributed by atoms with van der Waals surface area (Å²) in [6.45, 7) is 1.81. The number of likely N-dealkylation sites (N-methyl/N-ethyl adjacent to an activating group) is 1. The van der Waals surface area contributed by atoms with Crippen molar-refractivity contribution < 1.29 is 4.79 Å². The number of rotatable bonds is 4. The summed E-state index contributed by atoms with van der Waals surface area (Å²) in [5.74, 6) is 0.162. The van der Waals surface area contributed by atoms with Gasteiger partial charge in [-0.25, -0.2) is 10.0 Å². The molecule has 126 valence electrons. The number of para-hydroxylation sites is 1. The summed E-state index contributed by atoms with van der Waals surface area (Å²) in [7, 11) is 4.17. The molecule has 1 heterocycles. The van der Waals surface area contributed by atoms with Crippen molar-refractivity contribution in [3.05, 3.63) is 66.2 Å². The van der Waals surface area contributed by atoms with Crippen molar-refractivity contribution in [3.8, 4) is 0 Å². The summed E-state index contributed by atoms with van der Waals surface area (Å²) in [4.78, 5) is 15.1. The maximum atomic E-state index is 13.1. The van der Waals surface area contributed by atoms with E-state index in [1.54, 1.807) is 0 Å². The van der Waals surface area contributed by atoms with E-state index in [1.165, 1.54) is 0 Å². The number of benzene rings is 2. The molecule has 0 aromatic heterocycles. The zero-order chi connectivity index (χ0) is 16.9. The molecule has 0 saturated carbocycles. The number of hydrazine groups is 1. The molecule has 2 aromatic carbocycles. The van der Waals surface area contributed by atoms with Crippen LogP contribution in [-0.2, 0) is 11.2 Å². The van der Waals surface area contributed by atoms with Crippen LogP contribution in [0.1, 0.15) is 12.0 Å². The van der Waals surface area contributed by atoms with Crippen LogP contribution in [0.2, 0.25) is 0 Å². The van der Waals surface area contributed by atoms with E-state index in [1.807, 2.05) is 65.6 Å². The second-order valence-electron chi connectivity index (χ2n) is 6.43. The lowest BCUT2D eigenvalue weighted by Crippen LogP contribution is -2.55. The molecule has 2 aromatic rings. The van der Waals surface area contributed by atoms with Gasteiger partial charge in [-0.1, -0.05) is 48.5 Å². The van der Waals surface area contributed by atoms with Gasteiger partial charge in [0.25, 0.3) is 0 Å². The fourth-order valence-corrected chi connectivity index (χ4v) is 3.26. The second kappa shape index (κ2) is 7.60. The average Bonchev–Trinajstić information content (AvgIpc) is 2.60. The van der Waals surface area contributed by atoms with Crippen LogP contribution in [-0.4, -0.2) is 49.2 Å². The van der Waals surface area contributed by atoms with Crippen LogP contribution < -0.4 is 4.90 Å². The Morgan fingerprint density at radius 3 is 2.25 bits per heavy atom. The zero-order valence-corrected chi connectivity index (χ0v) is 14.4. The molecule has 4 nitrogen and oxygen atoms in total. The summed E-state index contributed by atoms with van der Waals surface area (Å²) >= 11 is 0. The first-order valence-electron chi connectivity index (χ1n) is 8.48. The van der Waals surface area contributed by atoms with Crippen molar-refractivity contribution in [1.29, 1.82) is 0 Å². The van der Waals surface area contributed by atoms with Crippen LogP contribution in [0, 0.1) is 0 Å². The lowest BCUT2D eigenvalue weighted by Gasteiger charge is -2.42. The molecule has 1 saturated heterocycles. The van der Waals surface area contributed by atoms with E-state index >= 15 is 0 Å². The lowest BCUT2D eigenvalue weighted by molar-refractivity contribution is -0.119. The number of hydrogen-bond donors (Lipinski definition) is 0. The van der Waals surface area contributed by atoms with Gasteiger partial charge in [-0.05, 0) is 24.1 Å². The van der Waals surface area contributed by atoms with Crippen molar-refractivity contribution in [2.24, 2.45) is 0 Å². The highest BCUT2D eigenvalue weighted by molar-refractivity contribution is 5.95. The van der Waals surface area contributed by atoms with Gasteiger partial charge in [0.1, 0.15) is 0 Å². The summed E-state index contributed by atoms with van der Waals surface area (Å²) in [5.41, 5.74) is 2.05. The topological polar surface area (TPSA) is 26.8 Å². The van der Waals surface area contributed by atoms with Gasteiger partial charge in [0.15, 0.2) is 0 Å². The summed E-state index contributed by atoms with van der Waals surface area (Å²) in [6, 6.07) is 20.2. The number of nitrogens with zero attached hydrogens (tertiary/aromatic N) is 3. The third kappa shape index (κ3) is 3.83. The minimum Gasteiger partial charge on any atom is -0.308 e. The molecule has 0 N–H and O–H groups in total. The first-order chi connectivity index (χ1) is 11.6. The van der Waals surface area contributed by atoms with Crippen LogP contribution in [0.4, 0.5) is 5.69 Å². The summed E-state index contributed by atoms with van der Waals surface area (Å²) in [5, 5.41) is 4.40. The molecular formula is C20H25N3O. The molecule has 1 unspecified atom stereocenters. The van der Waals surface area contributed by atoms with Crippen LogP contribution in [0.25, 0.3) is 0 Å². The van der Waals surface area contributed by atoms with E-state index < -0.39 is 0 Å². The monoisotopic (exact) mass is 323 g/mol. The van der Waals surface area contributed by atoms with Crippen molar-refractivity contribution >= 4 is 11.6 Å². The van der Waals surface area contributed by atoms with Crippen LogP contribution in [0.15, 0.2) is 60.7 Å². The highest BCUT2D eigenvalue weighted by Crippen LogP contribution is 2.23. The highest BCUT2D eigenvalue weighted by Gasteiger charge is 2.30. The lowest BCUT2D eigenvalue weighted by atomic mass is 10.1. The van der Waals surface area contributed by atoms with Gasteiger partial charge < -0.3 is 4.90 Å². The molecule has 4 heteroatoms. The van der Waals surface area contributed by atoms with Gasteiger partial charge in [-0.3, -0.25) is 4.79 Å². The number of carbonyl (C=O) groups excluding carboxylic acids is 1. The molecule has 3 rings (SSSR count). The highest BCUT2D eigenvalue weighted by atomic mass is 16.2. The Hall–Kier alpha value is -2.17. The minimum atomic E-state index is 0.162. The SMILES string of the molecule is CN1CCC(N(C(=O)Cc2ccccc2)c2ccccc2)CN1C. The number of hydrogen-bond acceptors (Lipinski definition) is 3. The van der Waals surface area contributed by atoms with E-state index in [4.69, 9.17) is 0 Å². The molecule has 1 atom stereocenters. The number of anilines is 1. The van der Waals surface area contributed by atoms with Gasteiger partial charge in [-0.2, -0.15) is 0 Å². The Morgan fingerprint density at radius 2 is 1.62 bits per heavy atom. The minimum absolute atomic E-state index is 0.162. The molecule has 1 aliphatic rings. The molecule has 1 fully saturated rings. The summed E-state index contributed by atoms with van der Waals surface area (Å²) in [6.07, 6.45) is 1.42. The zero-order valence-electron chi connectivity index (χ0n) is 14.4. The maximum absolute atomic E-state index is 13.1. The van der Waals surface area contributed by atoms with E-state index in [0.717, 1.165) is 30.8 Å². The Labute approximate surface area is 144 Å². The molecule has 0 aliphatic carbocycles. The molecule has 0 radical (unpaired) electrons. The van der Waals surface area contributed by atoms with Crippen LogP contribution in [0.3, 0.4) is 0 Å². The second-order valence-corrected chi connectivity index (χ2v) is 6.43. The van der Waals surface area contributed by atoms with E-state index in [9.17, 15) is 4.79 Å². The normalized spacial score (nSPS) is 19.2. The number of carbonyl (C=O) groups is 1. The largest absolute Gasteiger partial charge is 0.308 e. The molecule has 1 amide bonds. The third-order valence-electron chi connectivity index (χ3n) is 4.71. The molecule has 0 spiro atoms. The summed E-state index contributed by atoms with van der Waals surface area (Å²) < 4.78 is 0. The first-order valence-corrected chi connectivity index (χ1v) is 8.48. The fourth-order valence-electron chi connectivity index (χ4n) is 3.26. The molecule has 24 heavy (non-hydrogen) atoms. The molecular weight excluding hydrogens is 298 g/mol. The van der Waals surface area contributed by atoms with Gasteiger partial charge in [-0.15, -0.1) is 0 Å². The smallest absolute Gasteiger partial charge is 0.231 e. The predicted molar refractivity (Wildman–Crippen MR) is 97.7 cm³/mol. The van der Waals surface area contributed by atoms with Crippen molar-refractivity contribution in [2.45, 2.75) is 18.9 Å². The van der Waals surface area contributed by atoms with Crippen molar-refractivity contribution in [1.82, 2.24) is 10.0 Å². The standard InChI is InChI=1S/C20H25N3O/c1-21-14-13-19(16-22(21)2)23(18-11-7-4-8-12-18)20(24)15-17-9-5-3-6-10-17/h3-12,19H,13-16H2,1-2H3. The fraction of sp³-hybridized carbons (Fsp3) is 0.350. The van der Waals surface area contributed by atoms with Gasteiger partial charge in [0.2, 0.25) is 5.91 Å².